The Morgan fingerprint density at radius 2 is 1.55 bits per heavy atom. The van der Waals surface area contributed by atoms with Crippen LogP contribution < -0.4 is 5.32 Å². The van der Waals surface area contributed by atoms with Crippen LogP contribution in [0.4, 0.5) is 5.69 Å². The van der Waals surface area contributed by atoms with E-state index in [4.69, 9.17) is 0 Å². The van der Waals surface area contributed by atoms with Crippen LogP contribution in [0, 0.1) is 0 Å². The largest absolute Gasteiger partial charge is 0.378 e. The Labute approximate surface area is 123 Å². The summed E-state index contributed by atoms with van der Waals surface area (Å²) in [5.74, 6) is 0. The van der Waals surface area contributed by atoms with E-state index in [9.17, 15) is 0 Å². The molecule has 0 aliphatic heterocycles. The van der Waals surface area contributed by atoms with Crippen LogP contribution in [0.3, 0.4) is 0 Å². The summed E-state index contributed by atoms with van der Waals surface area (Å²) in [6.45, 7) is 4.48. The highest BCUT2D eigenvalue weighted by molar-refractivity contribution is 5.52. The van der Waals surface area contributed by atoms with Crippen molar-refractivity contribution in [2.45, 2.75) is 45.6 Å². The third-order valence-electron chi connectivity index (χ3n) is 3.65. The molecule has 106 valence electrons. The molecule has 1 nitrogen and oxygen atoms in total. The molecule has 1 atom stereocenters. The summed E-state index contributed by atoms with van der Waals surface area (Å²) in [5, 5.41) is 3.75. The number of anilines is 1. The SMILES string of the molecule is CCCc1ccccc1NC(CCC)c1ccccc1. The monoisotopic (exact) mass is 267 g/mol. The lowest BCUT2D eigenvalue weighted by Gasteiger charge is -2.22. The molecule has 0 bridgehead atoms. The average Bonchev–Trinajstić information content (AvgIpc) is 2.50. The number of hydrogen-bond donors (Lipinski definition) is 1. The summed E-state index contributed by atoms with van der Waals surface area (Å²) in [7, 11) is 0. The number of nitrogens with one attached hydrogen (secondary N) is 1. The number of hydrogen-bond acceptors (Lipinski definition) is 1. The van der Waals surface area contributed by atoms with E-state index >= 15 is 0 Å². The van der Waals surface area contributed by atoms with Crippen LogP contribution in [0.1, 0.15) is 50.3 Å². The van der Waals surface area contributed by atoms with Gasteiger partial charge in [-0.1, -0.05) is 75.2 Å². The predicted octanol–water partition coefficient (Wildman–Crippen LogP) is 5.59. The summed E-state index contributed by atoms with van der Waals surface area (Å²) in [4.78, 5) is 0. The van der Waals surface area contributed by atoms with Gasteiger partial charge in [0.25, 0.3) is 0 Å². The van der Waals surface area contributed by atoms with Gasteiger partial charge in [0.05, 0.1) is 6.04 Å². The van der Waals surface area contributed by atoms with Crippen molar-refractivity contribution in [1.29, 1.82) is 0 Å². The van der Waals surface area contributed by atoms with E-state index in [1.807, 2.05) is 0 Å². The molecular formula is C19H25N. The van der Waals surface area contributed by atoms with Crippen molar-refractivity contribution in [3.8, 4) is 0 Å². The second-order valence-corrected chi connectivity index (χ2v) is 5.30. The van der Waals surface area contributed by atoms with Crippen molar-refractivity contribution in [1.82, 2.24) is 0 Å². The first-order valence-electron chi connectivity index (χ1n) is 7.74. The first kappa shape index (κ1) is 14.6. The van der Waals surface area contributed by atoms with Gasteiger partial charge in [-0.05, 0) is 30.0 Å². The summed E-state index contributed by atoms with van der Waals surface area (Å²) in [6.07, 6.45) is 4.66. The normalized spacial score (nSPS) is 12.1. The van der Waals surface area contributed by atoms with Gasteiger partial charge in [0.1, 0.15) is 0 Å². The number of para-hydroxylation sites is 1. The fraction of sp³-hybridized carbons (Fsp3) is 0.368. The Balaban J connectivity index is 2.20. The highest BCUT2D eigenvalue weighted by atomic mass is 14.9. The molecule has 0 saturated heterocycles. The molecule has 20 heavy (non-hydrogen) atoms. The van der Waals surface area contributed by atoms with E-state index in [1.54, 1.807) is 0 Å². The van der Waals surface area contributed by atoms with Crippen molar-refractivity contribution < 1.29 is 0 Å². The predicted molar refractivity (Wildman–Crippen MR) is 88.2 cm³/mol. The molecule has 0 heterocycles. The minimum absolute atomic E-state index is 0.402. The maximum Gasteiger partial charge on any atom is 0.0513 e. The number of benzene rings is 2. The second-order valence-electron chi connectivity index (χ2n) is 5.30. The molecule has 1 heteroatoms. The third-order valence-corrected chi connectivity index (χ3v) is 3.65. The van der Waals surface area contributed by atoms with Crippen molar-refractivity contribution in [3.63, 3.8) is 0 Å². The van der Waals surface area contributed by atoms with Crippen LogP contribution in [-0.2, 0) is 6.42 Å². The Morgan fingerprint density at radius 3 is 2.25 bits per heavy atom. The molecule has 0 amide bonds. The molecule has 1 N–H and O–H groups in total. The molecular weight excluding hydrogens is 242 g/mol. The van der Waals surface area contributed by atoms with E-state index in [2.05, 4.69) is 73.8 Å². The van der Waals surface area contributed by atoms with Crippen molar-refractivity contribution in [3.05, 3.63) is 65.7 Å². The van der Waals surface area contributed by atoms with Gasteiger partial charge in [0.15, 0.2) is 0 Å². The van der Waals surface area contributed by atoms with Crippen LogP contribution in [0.15, 0.2) is 54.6 Å². The van der Waals surface area contributed by atoms with Gasteiger partial charge in [0, 0.05) is 5.69 Å². The first-order chi connectivity index (χ1) is 9.85. The Morgan fingerprint density at radius 1 is 0.850 bits per heavy atom. The average molecular weight is 267 g/mol. The first-order valence-corrected chi connectivity index (χ1v) is 7.74. The van der Waals surface area contributed by atoms with Gasteiger partial charge in [-0.25, -0.2) is 0 Å². The molecule has 0 radical (unpaired) electrons. The molecule has 2 aromatic carbocycles. The highest BCUT2D eigenvalue weighted by Gasteiger charge is 2.11. The Kier molecular flexibility index (Phi) is 5.67. The molecule has 1 unspecified atom stereocenters. The minimum atomic E-state index is 0.402. The van der Waals surface area contributed by atoms with E-state index in [1.165, 1.54) is 29.7 Å². The fourth-order valence-corrected chi connectivity index (χ4v) is 2.63. The van der Waals surface area contributed by atoms with Gasteiger partial charge in [0.2, 0.25) is 0 Å². The molecule has 2 rings (SSSR count). The summed E-state index contributed by atoms with van der Waals surface area (Å²) < 4.78 is 0. The Hall–Kier alpha value is -1.76. The molecule has 0 fully saturated rings. The maximum atomic E-state index is 3.75. The quantitative estimate of drug-likeness (QED) is 0.689. The number of aryl methyl sites for hydroxylation is 1. The molecule has 0 aromatic heterocycles. The van der Waals surface area contributed by atoms with Crippen LogP contribution in [0.2, 0.25) is 0 Å². The van der Waals surface area contributed by atoms with Gasteiger partial charge in [-0.3, -0.25) is 0 Å². The maximum absolute atomic E-state index is 3.75. The number of rotatable bonds is 7. The lowest BCUT2D eigenvalue weighted by Crippen LogP contribution is -2.11. The minimum Gasteiger partial charge on any atom is -0.378 e. The lowest BCUT2D eigenvalue weighted by atomic mass is 10.0. The molecule has 2 aromatic rings. The standard InChI is InChI=1S/C19H25N/c1-3-10-16-14-8-9-15-19(16)20-18(11-4-2)17-12-6-5-7-13-17/h5-9,12-15,18,20H,3-4,10-11H2,1-2H3. The zero-order valence-corrected chi connectivity index (χ0v) is 12.6. The summed E-state index contributed by atoms with van der Waals surface area (Å²) >= 11 is 0. The zero-order chi connectivity index (χ0) is 14.2. The Bertz CT molecular complexity index is 504. The topological polar surface area (TPSA) is 12.0 Å². The second kappa shape index (κ2) is 7.74. The van der Waals surface area contributed by atoms with Gasteiger partial charge < -0.3 is 5.32 Å². The van der Waals surface area contributed by atoms with E-state index < -0.39 is 0 Å². The van der Waals surface area contributed by atoms with Crippen molar-refractivity contribution in [2.24, 2.45) is 0 Å². The fourth-order valence-electron chi connectivity index (χ4n) is 2.63. The van der Waals surface area contributed by atoms with Gasteiger partial charge >= 0.3 is 0 Å². The molecule has 0 aliphatic rings. The van der Waals surface area contributed by atoms with Crippen molar-refractivity contribution >= 4 is 5.69 Å². The van der Waals surface area contributed by atoms with E-state index in [0.717, 1.165) is 12.8 Å². The smallest absolute Gasteiger partial charge is 0.0513 e. The van der Waals surface area contributed by atoms with E-state index in [0.29, 0.717) is 6.04 Å². The van der Waals surface area contributed by atoms with Gasteiger partial charge in [-0.15, -0.1) is 0 Å². The van der Waals surface area contributed by atoms with Crippen LogP contribution in [-0.4, -0.2) is 0 Å². The summed E-state index contributed by atoms with van der Waals surface area (Å²) in [6, 6.07) is 19.9. The zero-order valence-electron chi connectivity index (χ0n) is 12.6. The third kappa shape index (κ3) is 3.86. The van der Waals surface area contributed by atoms with Crippen LogP contribution in [0.5, 0.6) is 0 Å². The lowest BCUT2D eigenvalue weighted by molar-refractivity contribution is 0.676. The molecule has 0 aliphatic carbocycles. The van der Waals surface area contributed by atoms with Crippen molar-refractivity contribution in [2.75, 3.05) is 5.32 Å². The van der Waals surface area contributed by atoms with Crippen LogP contribution >= 0.6 is 0 Å². The van der Waals surface area contributed by atoms with Crippen LogP contribution in [0.25, 0.3) is 0 Å². The van der Waals surface area contributed by atoms with Gasteiger partial charge in [-0.2, -0.15) is 0 Å². The van der Waals surface area contributed by atoms with E-state index in [-0.39, 0.29) is 0 Å². The molecule has 0 saturated carbocycles. The molecule has 0 spiro atoms. The summed E-state index contributed by atoms with van der Waals surface area (Å²) in [5.41, 5.74) is 4.09. The highest BCUT2D eigenvalue weighted by Crippen LogP contribution is 2.26.